The highest BCUT2D eigenvalue weighted by molar-refractivity contribution is 6.37. The molecule has 0 aliphatic rings. The number of aryl methyl sites for hydroxylation is 1. The fraction of sp³-hybridized carbons (Fsp3) is 0.0185. The molecule has 0 saturated carbocycles. The predicted molar refractivity (Wildman–Crippen MR) is 239 cm³/mol. The van der Waals surface area contributed by atoms with Crippen molar-refractivity contribution < 1.29 is 0 Å². The molecule has 0 spiro atoms. The Hall–Kier alpha value is -7.29. The fourth-order valence-electron chi connectivity index (χ4n) is 9.39. The second-order valence-electron chi connectivity index (χ2n) is 15.2. The average molecular weight is 711 g/mol. The summed E-state index contributed by atoms with van der Waals surface area (Å²) >= 11 is 0. The van der Waals surface area contributed by atoms with E-state index in [4.69, 9.17) is 4.98 Å². The van der Waals surface area contributed by atoms with Crippen molar-refractivity contribution >= 4 is 75.7 Å². The SMILES string of the molecule is Cn1c(-c2ccccc2)nc2cc(-c3ccc(-c4ccc(-c5cc6ccc7cccc8c9cccc%10ccc%11cccc(c(c5)c6c78)c%11c%109)cc4)cc3)ccc21. The van der Waals surface area contributed by atoms with E-state index in [0.717, 1.165) is 22.4 Å². The Labute approximate surface area is 323 Å². The van der Waals surface area contributed by atoms with Crippen LogP contribution >= 0.6 is 0 Å². The summed E-state index contributed by atoms with van der Waals surface area (Å²) in [5.41, 5.74) is 10.4. The second kappa shape index (κ2) is 11.9. The first kappa shape index (κ1) is 31.1. The van der Waals surface area contributed by atoms with Crippen LogP contribution in [-0.2, 0) is 7.05 Å². The van der Waals surface area contributed by atoms with Gasteiger partial charge in [-0.3, -0.25) is 0 Å². The molecule has 0 radical (unpaired) electrons. The van der Waals surface area contributed by atoms with E-state index in [2.05, 4.69) is 194 Å². The lowest BCUT2D eigenvalue weighted by Crippen LogP contribution is -1.91. The number of hydrogen-bond donors (Lipinski definition) is 0. The molecule has 0 amide bonds. The summed E-state index contributed by atoms with van der Waals surface area (Å²) in [7, 11) is 2.09. The number of aromatic nitrogens is 2. The lowest BCUT2D eigenvalue weighted by atomic mass is 9.86. The van der Waals surface area contributed by atoms with Crippen LogP contribution in [-0.4, -0.2) is 9.55 Å². The lowest BCUT2D eigenvalue weighted by Gasteiger charge is -2.17. The molecule has 12 rings (SSSR count). The van der Waals surface area contributed by atoms with Crippen LogP contribution in [0.15, 0.2) is 188 Å². The van der Waals surface area contributed by atoms with Crippen LogP contribution in [0.2, 0.25) is 0 Å². The number of rotatable bonds is 4. The molecule has 1 aromatic heterocycles. The van der Waals surface area contributed by atoms with Crippen LogP contribution in [0.25, 0.3) is 120 Å². The molecule has 0 aliphatic heterocycles. The predicted octanol–water partition coefficient (Wildman–Crippen LogP) is 14.6. The normalized spacial score (nSPS) is 12.0. The third-order valence-corrected chi connectivity index (χ3v) is 12.1. The standard InChI is InChI=1S/C54H34N2/c1-56-49-29-28-41(32-48(49)55-54(56)40-8-3-2-4-9-40)35-20-16-33(17-21-35)34-18-22-36(23-19-34)43-30-42-27-26-39-11-6-14-45-44-13-5-10-37-24-25-38-12-7-15-46(52(38)50(37)44)47(31-43)53(42)51(39)45/h2-32H,1H3. The van der Waals surface area contributed by atoms with Gasteiger partial charge in [0.2, 0.25) is 0 Å². The maximum Gasteiger partial charge on any atom is 0.140 e. The van der Waals surface area contributed by atoms with E-state index in [1.807, 2.05) is 6.07 Å². The molecule has 12 aromatic rings. The number of hydrogen-bond acceptors (Lipinski definition) is 1. The first-order valence-electron chi connectivity index (χ1n) is 19.3. The molecule has 56 heavy (non-hydrogen) atoms. The first-order valence-corrected chi connectivity index (χ1v) is 19.3. The van der Waals surface area contributed by atoms with Crippen LogP contribution < -0.4 is 0 Å². The highest BCUT2D eigenvalue weighted by atomic mass is 15.1. The largest absolute Gasteiger partial charge is 0.327 e. The fourth-order valence-corrected chi connectivity index (χ4v) is 9.39. The Balaban J connectivity index is 0.953. The highest BCUT2D eigenvalue weighted by Gasteiger charge is 2.17. The van der Waals surface area contributed by atoms with Crippen LogP contribution in [0.5, 0.6) is 0 Å². The molecule has 0 saturated heterocycles. The zero-order chi connectivity index (χ0) is 36.9. The lowest BCUT2D eigenvalue weighted by molar-refractivity contribution is 0.959. The molecule has 0 bridgehead atoms. The molecule has 0 aliphatic carbocycles. The molecule has 0 atom stereocenters. The third kappa shape index (κ3) is 4.60. The summed E-state index contributed by atoms with van der Waals surface area (Å²) in [6.07, 6.45) is 0. The van der Waals surface area contributed by atoms with Gasteiger partial charge in [0.1, 0.15) is 5.82 Å². The monoisotopic (exact) mass is 710 g/mol. The van der Waals surface area contributed by atoms with Gasteiger partial charge in [-0.05, 0) is 122 Å². The number of benzene rings is 10. The van der Waals surface area contributed by atoms with Gasteiger partial charge in [-0.2, -0.15) is 0 Å². The average Bonchev–Trinajstić information content (AvgIpc) is 3.60. The molecule has 260 valence electrons. The van der Waals surface area contributed by atoms with E-state index in [9.17, 15) is 0 Å². The first-order chi connectivity index (χ1) is 27.7. The van der Waals surface area contributed by atoms with Gasteiger partial charge in [-0.15, -0.1) is 0 Å². The molecule has 2 nitrogen and oxygen atoms in total. The molecular formula is C54H34N2. The van der Waals surface area contributed by atoms with Crippen molar-refractivity contribution in [3.63, 3.8) is 0 Å². The van der Waals surface area contributed by atoms with Gasteiger partial charge in [-0.25, -0.2) is 4.98 Å². The summed E-state index contributed by atoms with van der Waals surface area (Å²) in [6.45, 7) is 0. The number of fused-ring (bicyclic) bond motifs is 3. The minimum atomic E-state index is 0.981. The van der Waals surface area contributed by atoms with E-state index in [1.165, 1.54) is 98.0 Å². The topological polar surface area (TPSA) is 17.8 Å². The summed E-state index contributed by atoms with van der Waals surface area (Å²) in [5, 5.41) is 15.6. The minimum absolute atomic E-state index is 0.981. The molecular weight excluding hydrogens is 677 g/mol. The number of nitrogens with zero attached hydrogens (tertiary/aromatic N) is 2. The van der Waals surface area contributed by atoms with Gasteiger partial charge in [0.05, 0.1) is 11.0 Å². The smallest absolute Gasteiger partial charge is 0.140 e. The van der Waals surface area contributed by atoms with E-state index >= 15 is 0 Å². The van der Waals surface area contributed by atoms with Gasteiger partial charge in [0, 0.05) is 12.6 Å². The van der Waals surface area contributed by atoms with Crippen molar-refractivity contribution in [2.24, 2.45) is 7.05 Å². The van der Waals surface area contributed by atoms with Crippen molar-refractivity contribution in [1.29, 1.82) is 0 Å². The van der Waals surface area contributed by atoms with Crippen LogP contribution in [0, 0.1) is 0 Å². The zero-order valence-corrected chi connectivity index (χ0v) is 30.8. The van der Waals surface area contributed by atoms with Crippen LogP contribution in [0.3, 0.4) is 0 Å². The van der Waals surface area contributed by atoms with E-state index in [0.29, 0.717) is 0 Å². The van der Waals surface area contributed by atoms with Crippen molar-refractivity contribution in [2.75, 3.05) is 0 Å². The Morgan fingerprint density at radius 2 is 0.786 bits per heavy atom. The van der Waals surface area contributed by atoms with Gasteiger partial charge >= 0.3 is 0 Å². The summed E-state index contributed by atoms with van der Waals surface area (Å²) in [4.78, 5) is 5.01. The van der Waals surface area contributed by atoms with E-state index in [1.54, 1.807) is 0 Å². The number of imidazole rings is 1. The Bertz CT molecular complexity index is 3500. The van der Waals surface area contributed by atoms with Crippen LogP contribution in [0.4, 0.5) is 0 Å². The summed E-state index contributed by atoms with van der Waals surface area (Å²) in [6, 6.07) is 69.3. The molecule has 1 heterocycles. The maximum atomic E-state index is 5.01. The van der Waals surface area contributed by atoms with Gasteiger partial charge in [0.25, 0.3) is 0 Å². The van der Waals surface area contributed by atoms with Crippen molar-refractivity contribution in [3.05, 3.63) is 188 Å². The molecule has 0 unspecified atom stereocenters. The second-order valence-corrected chi connectivity index (χ2v) is 15.2. The molecule has 0 fully saturated rings. The summed E-state index contributed by atoms with van der Waals surface area (Å²) < 4.78 is 2.18. The quantitative estimate of drug-likeness (QED) is 0.166. The molecule has 11 aromatic carbocycles. The Morgan fingerprint density at radius 3 is 1.36 bits per heavy atom. The summed E-state index contributed by atoms with van der Waals surface area (Å²) in [5.74, 6) is 0.981. The Morgan fingerprint density at radius 1 is 0.321 bits per heavy atom. The van der Waals surface area contributed by atoms with Crippen molar-refractivity contribution in [1.82, 2.24) is 9.55 Å². The van der Waals surface area contributed by atoms with E-state index in [-0.39, 0.29) is 0 Å². The van der Waals surface area contributed by atoms with Crippen molar-refractivity contribution in [2.45, 2.75) is 0 Å². The van der Waals surface area contributed by atoms with Gasteiger partial charge in [-0.1, -0.05) is 164 Å². The van der Waals surface area contributed by atoms with Gasteiger partial charge < -0.3 is 4.57 Å². The third-order valence-electron chi connectivity index (χ3n) is 12.1. The zero-order valence-electron chi connectivity index (χ0n) is 30.8. The molecule has 0 N–H and O–H groups in total. The minimum Gasteiger partial charge on any atom is -0.327 e. The van der Waals surface area contributed by atoms with Crippen LogP contribution in [0.1, 0.15) is 0 Å². The molecule has 2 heteroatoms. The van der Waals surface area contributed by atoms with E-state index < -0.39 is 0 Å². The Kier molecular flexibility index (Phi) is 6.58. The highest BCUT2D eigenvalue weighted by Crippen LogP contribution is 2.44. The van der Waals surface area contributed by atoms with Gasteiger partial charge in [0.15, 0.2) is 0 Å². The van der Waals surface area contributed by atoms with Crippen molar-refractivity contribution in [3.8, 4) is 44.8 Å². The maximum absolute atomic E-state index is 5.01.